The van der Waals surface area contributed by atoms with Gasteiger partial charge < -0.3 is 19.7 Å². The molecule has 0 aromatic heterocycles. The normalized spacial score (nSPS) is 14.6. The number of hydrogen-bond donors (Lipinski definition) is 1. The first-order valence-corrected chi connectivity index (χ1v) is 11.8. The molecule has 1 N–H and O–H groups in total. The lowest BCUT2D eigenvalue weighted by molar-refractivity contribution is -0.142. The Morgan fingerprint density at radius 3 is 2.27 bits per heavy atom. The fraction of sp³-hybridized carbons (Fsp3) is 0.462. The Hall–Kier alpha value is -2.73. The summed E-state index contributed by atoms with van der Waals surface area (Å²) in [6.45, 7) is 5.69. The highest BCUT2D eigenvalue weighted by molar-refractivity contribution is 6.32. The quantitative estimate of drug-likeness (QED) is 0.568. The van der Waals surface area contributed by atoms with Crippen molar-refractivity contribution in [2.45, 2.75) is 65.1 Å². The molecule has 1 unspecified atom stereocenters. The van der Waals surface area contributed by atoms with Crippen molar-refractivity contribution in [1.29, 1.82) is 0 Å². The Morgan fingerprint density at radius 1 is 1.09 bits per heavy atom. The predicted octanol–water partition coefficient (Wildman–Crippen LogP) is 4.82. The number of rotatable bonds is 9. The Morgan fingerprint density at radius 2 is 1.70 bits per heavy atom. The topological polar surface area (TPSA) is 67.9 Å². The average Bonchev–Trinajstić information content (AvgIpc) is 3.32. The largest absolute Gasteiger partial charge is 0.497 e. The number of methoxy groups -OCH3 is 1. The molecule has 0 spiro atoms. The summed E-state index contributed by atoms with van der Waals surface area (Å²) in [5.41, 5.74) is 2.68. The van der Waals surface area contributed by atoms with Gasteiger partial charge in [-0.25, -0.2) is 0 Å². The van der Waals surface area contributed by atoms with Crippen molar-refractivity contribution < 1.29 is 19.1 Å². The maximum atomic E-state index is 13.2. The van der Waals surface area contributed by atoms with E-state index in [0.717, 1.165) is 48.1 Å². The molecule has 2 amide bonds. The molecule has 1 atom stereocenters. The first-order valence-electron chi connectivity index (χ1n) is 11.4. The summed E-state index contributed by atoms with van der Waals surface area (Å²) in [4.78, 5) is 27.8. The lowest BCUT2D eigenvalue weighted by atomic mass is 10.1. The van der Waals surface area contributed by atoms with Crippen LogP contribution in [0.5, 0.6) is 11.5 Å². The molecular formula is C26H33ClN2O4. The van der Waals surface area contributed by atoms with E-state index in [2.05, 4.69) is 5.32 Å². The monoisotopic (exact) mass is 472 g/mol. The van der Waals surface area contributed by atoms with Gasteiger partial charge >= 0.3 is 0 Å². The fourth-order valence-corrected chi connectivity index (χ4v) is 4.23. The summed E-state index contributed by atoms with van der Waals surface area (Å²) < 4.78 is 11.0. The molecule has 1 saturated carbocycles. The number of benzene rings is 2. The first-order chi connectivity index (χ1) is 15.8. The van der Waals surface area contributed by atoms with Crippen molar-refractivity contribution in [3.05, 3.63) is 58.1 Å². The summed E-state index contributed by atoms with van der Waals surface area (Å²) >= 11 is 6.24. The first kappa shape index (κ1) is 24.9. The molecule has 1 aliphatic carbocycles. The number of carbonyl (C=O) groups excluding carboxylic acids is 2. The molecular weight excluding hydrogens is 440 g/mol. The van der Waals surface area contributed by atoms with Gasteiger partial charge in [0.2, 0.25) is 5.91 Å². The summed E-state index contributed by atoms with van der Waals surface area (Å²) in [7, 11) is 1.61. The number of aryl methyl sites for hydroxylation is 2. The molecule has 2 aromatic carbocycles. The van der Waals surface area contributed by atoms with Crippen LogP contribution in [0.1, 0.15) is 49.3 Å². The van der Waals surface area contributed by atoms with E-state index in [0.29, 0.717) is 17.3 Å². The third kappa shape index (κ3) is 6.64. The van der Waals surface area contributed by atoms with Crippen LogP contribution in [0.25, 0.3) is 0 Å². The SMILES string of the molecule is COc1ccc(CN(C(=O)COc2cc(C)c(Cl)c(C)c2)C(C)C(=O)NC2CCCC2)cc1. The van der Waals surface area contributed by atoms with Gasteiger partial charge in [0.15, 0.2) is 6.61 Å². The number of ether oxygens (including phenoxy) is 2. The fourth-order valence-electron chi connectivity index (χ4n) is 4.12. The maximum absolute atomic E-state index is 13.2. The van der Waals surface area contributed by atoms with E-state index in [1.807, 2.05) is 50.2 Å². The molecule has 7 heteroatoms. The average molecular weight is 473 g/mol. The molecule has 2 aromatic rings. The van der Waals surface area contributed by atoms with Gasteiger partial charge in [0.05, 0.1) is 7.11 Å². The maximum Gasteiger partial charge on any atom is 0.261 e. The van der Waals surface area contributed by atoms with Crippen LogP contribution < -0.4 is 14.8 Å². The number of carbonyl (C=O) groups is 2. The smallest absolute Gasteiger partial charge is 0.261 e. The number of halogens is 1. The second-order valence-corrected chi connectivity index (χ2v) is 9.07. The molecule has 33 heavy (non-hydrogen) atoms. The summed E-state index contributed by atoms with van der Waals surface area (Å²) in [5.74, 6) is 0.919. The minimum absolute atomic E-state index is 0.137. The zero-order valence-corrected chi connectivity index (χ0v) is 20.6. The minimum atomic E-state index is -0.627. The third-order valence-corrected chi connectivity index (χ3v) is 6.75. The van der Waals surface area contributed by atoms with Gasteiger partial charge in [-0.05, 0) is 74.6 Å². The molecule has 0 aliphatic heterocycles. The Kier molecular flexibility index (Phi) is 8.61. The minimum Gasteiger partial charge on any atom is -0.497 e. The highest BCUT2D eigenvalue weighted by Crippen LogP contribution is 2.26. The molecule has 6 nitrogen and oxygen atoms in total. The molecule has 0 heterocycles. The predicted molar refractivity (Wildman–Crippen MR) is 130 cm³/mol. The van der Waals surface area contributed by atoms with Gasteiger partial charge in [0.1, 0.15) is 17.5 Å². The van der Waals surface area contributed by atoms with Gasteiger partial charge in [0.25, 0.3) is 5.91 Å². The van der Waals surface area contributed by atoms with Gasteiger partial charge in [-0.2, -0.15) is 0 Å². The summed E-state index contributed by atoms with van der Waals surface area (Å²) in [5, 5.41) is 3.79. The lowest BCUT2D eigenvalue weighted by Gasteiger charge is -2.29. The van der Waals surface area contributed by atoms with E-state index in [1.165, 1.54) is 0 Å². The molecule has 0 bridgehead atoms. The van der Waals surface area contributed by atoms with Crippen LogP contribution in [0.3, 0.4) is 0 Å². The molecule has 178 valence electrons. The van der Waals surface area contributed by atoms with Crippen molar-refractivity contribution in [1.82, 2.24) is 10.2 Å². The Bertz CT molecular complexity index is 948. The number of amides is 2. The molecule has 0 saturated heterocycles. The van der Waals surface area contributed by atoms with E-state index in [1.54, 1.807) is 18.9 Å². The standard InChI is InChI=1S/C26H33ClN2O4/c1-17-13-23(14-18(2)25(17)27)33-16-24(30)29(15-20-9-11-22(32-4)12-10-20)19(3)26(31)28-21-7-5-6-8-21/h9-14,19,21H,5-8,15-16H2,1-4H3,(H,28,31). The van der Waals surface area contributed by atoms with Crippen molar-refractivity contribution in [3.63, 3.8) is 0 Å². The van der Waals surface area contributed by atoms with Crippen LogP contribution in [0.15, 0.2) is 36.4 Å². The van der Waals surface area contributed by atoms with E-state index >= 15 is 0 Å². The van der Waals surface area contributed by atoms with Crippen LogP contribution >= 0.6 is 11.6 Å². The molecule has 3 rings (SSSR count). The van der Waals surface area contributed by atoms with E-state index in [9.17, 15) is 9.59 Å². The summed E-state index contributed by atoms with van der Waals surface area (Å²) in [6, 6.07) is 10.7. The lowest BCUT2D eigenvalue weighted by Crippen LogP contribution is -2.50. The number of hydrogen-bond acceptors (Lipinski definition) is 4. The van der Waals surface area contributed by atoms with Gasteiger partial charge in [-0.1, -0.05) is 36.6 Å². The molecule has 1 aliphatic rings. The van der Waals surface area contributed by atoms with Gasteiger partial charge in [-0.15, -0.1) is 0 Å². The van der Waals surface area contributed by atoms with Crippen LogP contribution in [0.2, 0.25) is 5.02 Å². The number of nitrogens with zero attached hydrogens (tertiary/aromatic N) is 1. The van der Waals surface area contributed by atoms with Crippen LogP contribution in [0, 0.1) is 13.8 Å². The van der Waals surface area contributed by atoms with Crippen LogP contribution in [-0.4, -0.2) is 42.5 Å². The molecule has 1 fully saturated rings. The zero-order chi connectivity index (χ0) is 24.0. The summed E-state index contributed by atoms with van der Waals surface area (Å²) in [6.07, 6.45) is 4.23. The van der Waals surface area contributed by atoms with Crippen LogP contribution in [0.4, 0.5) is 0 Å². The highest BCUT2D eigenvalue weighted by Gasteiger charge is 2.28. The highest BCUT2D eigenvalue weighted by atomic mass is 35.5. The van der Waals surface area contributed by atoms with Crippen LogP contribution in [-0.2, 0) is 16.1 Å². The van der Waals surface area contributed by atoms with E-state index < -0.39 is 6.04 Å². The molecule has 0 radical (unpaired) electrons. The Labute approximate surface area is 201 Å². The van der Waals surface area contributed by atoms with Crippen molar-refractivity contribution >= 4 is 23.4 Å². The number of nitrogens with one attached hydrogen (secondary N) is 1. The van der Waals surface area contributed by atoms with Gasteiger partial charge in [0, 0.05) is 17.6 Å². The second kappa shape index (κ2) is 11.4. The van der Waals surface area contributed by atoms with Crippen molar-refractivity contribution in [3.8, 4) is 11.5 Å². The Balaban J connectivity index is 1.73. The zero-order valence-electron chi connectivity index (χ0n) is 19.8. The van der Waals surface area contributed by atoms with E-state index in [4.69, 9.17) is 21.1 Å². The third-order valence-electron chi connectivity index (χ3n) is 6.15. The van der Waals surface area contributed by atoms with E-state index in [-0.39, 0.29) is 24.5 Å². The second-order valence-electron chi connectivity index (χ2n) is 8.70. The van der Waals surface area contributed by atoms with Crippen molar-refractivity contribution in [2.75, 3.05) is 13.7 Å². The van der Waals surface area contributed by atoms with Gasteiger partial charge in [-0.3, -0.25) is 9.59 Å². The van der Waals surface area contributed by atoms with Crippen molar-refractivity contribution in [2.24, 2.45) is 0 Å².